The lowest BCUT2D eigenvalue weighted by Gasteiger charge is -2.22. The first-order valence-corrected chi connectivity index (χ1v) is 12.4. The van der Waals surface area contributed by atoms with Gasteiger partial charge in [-0.25, -0.2) is 13.2 Å². The Labute approximate surface area is 232 Å². The van der Waals surface area contributed by atoms with Gasteiger partial charge in [-0.3, -0.25) is 9.59 Å². The van der Waals surface area contributed by atoms with Crippen LogP contribution in [0.3, 0.4) is 0 Å². The molecular weight excluding hydrogens is 635 g/mol. The van der Waals surface area contributed by atoms with E-state index in [9.17, 15) is 31.5 Å². The molecule has 3 nitrogen and oxygen atoms in total. The highest BCUT2D eigenvalue weighted by Crippen LogP contribution is 2.41. The summed E-state index contributed by atoms with van der Waals surface area (Å²) < 4.78 is 81.2. The molecule has 0 saturated carbocycles. The first-order chi connectivity index (χ1) is 16.9. The standard InChI is InChI=1S/C24H19BrCl3F6NO2/c1-23(30,31)15(13-8-17(26)22(28)18(27)9-13)10-19(29)12-3-4-14(16(25)7-12)20(36)5-6-21(37)35(2)11-24(32,33)34/h3-4,7-10,15H,5-6,11H2,1-2H3/b19-10-. The van der Waals surface area contributed by atoms with Crippen LogP contribution in [0.2, 0.25) is 15.1 Å². The fourth-order valence-electron chi connectivity index (χ4n) is 3.33. The van der Waals surface area contributed by atoms with Gasteiger partial charge in [-0.15, -0.1) is 0 Å². The molecule has 0 fully saturated rings. The largest absolute Gasteiger partial charge is 0.406 e. The zero-order valence-corrected chi connectivity index (χ0v) is 23.1. The van der Waals surface area contributed by atoms with Gasteiger partial charge in [0, 0.05) is 42.4 Å². The van der Waals surface area contributed by atoms with E-state index in [1.807, 2.05) is 0 Å². The van der Waals surface area contributed by atoms with Crippen LogP contribution in [0.1, 0.15) is 47.2 Å². The molecule has 1 amide bonds. The predicted octanol–water partition coefficient (Wildman–Crippen LogP) is 9.14. The minimum Gasteiger partial charge on any atom is -0.337 e. The molecule has 2 aromatic rings. The fourth-order valence-corrected chi connectivity index (χ4v) is 4.54. The minimum atomic E-state index is -4.57. The summed E-state index contributed by atoms with van der Waals surface area (Å²) in [7, 11) is 0.971. The number of nitrogens with zero attached hydrogens (tertiary/aromatic N) is 1. The van der Waals surface area contributed by atoms with Crippen molar-refractivity contribution < 1.29 is 35.9 Å². The molecule has 0 aliphatic heterocycles. The molecule has 13 heteroatoms. The SMILES string of the molecule is CN(CC(F)(F)F)C(=O)CCC(=O)c1ccc(/C(F)=C/C(c2cc(Cl)c(Cl)c(Cl)c2)C(C)(F)F)cc1Br. The summed E-state index contributed by atoms with van der Waals surface area (Å²) in [6, 6.07) is 5.89. The van der Waals surface area contributed by atoms with Gasteiger partial charge in [0.25, 0.3) is 5.92 Å². The van der Waals surface area contributed by atoms with Crippen LogP contribution in [0, 0.1) is 0 Å². The van der Waals surface area contributed by atoms with E-state index in [0.29, 0.717) is 17.9 Å². The second-order valence-electron chi connectivity index (χ2n) is 8.23. The summed E-state index contributed by atoms with van der Waals surface area (Å²) in [6.45, 7) is -0.848. The average molecular weight is 654 g/mol. The lowest BCUT2D eigenvalue weighted by molar-refractivity contribution is -0.158. The molecule has 0 spiro atoms. The number of hydrogen-bond acceptors (Lipinski definition) is 2. The monoisotopic (exact) mass is 651 g/mol. The number of halogens is 10. The summed E-state index contributed by atoms with van der Waals surface area (Å²) in [5, 5.41) is -0.200. The van der Waals surface area contributed by atoms with Crippen LogP contribution < -0.4 is 0 Å². The molecule has 202 valence electrons. The Balaban J connectivity index is 2.24. The second-order valence-corrected chi connectivity index (χ2v) is 10.3. The number of hydrogen-bond donors (Lipinski definition) is 0. The molecule has 37 heavy (non-hydrogen) atoms. The third-order valence-electron chi connectivity index (χ3n) is 5.18. The quantitative estimate of drug-likeness (QED) is 0.154. The zero-order chi connectivity index (χ0) is 28.3. The van der Waals surface area contributed by atoms with E-state index in [2.05, 4.69) is 15.9 Å². The smallest absolute Gasteiger partial charge is 0.337 e. The Hall–Kier alpha value is -1.75. The van der Waals surface area contributed by atoms with E-state index in [4.69, 9.17) is 34.8 Å². The molecule has 1 atom stereocenters. The van der Waals surface area contributed by atoms with Crippen molar-refractivity contribution in [3.8, 4) is 0 Å². The molecular formula is C24H19BrCl3F6NO2. The first-order valence-electron chi connectivity index (χ1n) is 10.4. The van der Waals surface area contributed by atoms with Crippen LogP contribution >= 0.6 is 50.7 Å². The molecule has 0 heterocycles. The van der Waals surface area contributed by atoms with Gasteiger partial charge >= 0.3 is 6.18 Å². The summed E-state index contributed by atoms with van der Waals surface area (Å²) >= 11 is 20.9. The van der Waals surface area contributed by atoms with E-state index in [0.717, 1.165) is 19.2 Å². The molecule has 0 bridgehead atoms. The highest BCUT2D eigenvalue weighted by molar-refractivity contribution is 9.10. The van der Waals surface area contributed by atoms with Crippen molar-refractivity contribution in [2.24, 2.45) is 0 Å². The lowest BCUT2D eigenvalue weighted by atomic mass is 9.91. The van der Waals surface area contributed by atoms with Crippen molar-refractivity contribution in [2.75, 3.05) is 13.6 Å². The third kappa shape index (κ3) is 8.90. The fraction of sp³-hybridized carbons (Fsp3) is 0.333. The number of Topliss-reactive ketones (excluding diaryl/α,β-unsaturated/α-hetero) is 1. The average Bonchev–Trinajstić information content (AvgIpc) is 2.76. The molecule has 0 aromatic heterocycles. The minimum absolute atomic E-state index is 0.0346. The molecule has 0 saturated heterocycles. The van der Waals surface area contributed by atoms with Crippen molar-refractivity contribution in [3.63, 3.8) is 0 Å². The molecule has 0 radical (unpaired) electrons. The van der Waals surface area contributed by atoms with Gasteiger partial charge in [-0.05, 0) is 35.9 Å². The van der Waals surface area contributed by atoms with Crippen molar-refractivity contribution in [2.45, 2.75) is 37.8 Å². The topological polar surface area (TPSA) is 37.4 Å². The highest BCUT2D eigenvalue weighted by Gasteiger charge is 2.35. The van der Waals surface area contributed by atoms with Crippen LogP contribution in [0.25, 0.3) is 5.83 Å². The molecule has 2 rings (SSSR count). The Kier molecular flexibility index (Phi) is 10.5. The molecule has 0 N–H and O–H groups in total. The summed E-state index contributed by atoms with van der Waals surface area (Å²) in [5.74, 6) is -7.67. The van der Waals surface area contributed by atoms with Crippen LogP contribution in [-0.2, 0) is 4.79 Å². The Morgan fingerprint density at radius 3 is 2.08 bits per heavy atom. The van der Waals surface area contributed by atoms with Crippen LogP contribution in [0.4, 0.5) is 26.3 Å². The number of ketones is 1. The number of allylic oxidation sites excluding steroid dienone is 1. The first kappa shape index (κ1) is 31.5. The maximum atomic E-state index is 15.1. The lowest BCUT2D eigenvalue weighted by Crippen LogP contribution is -2.35. The zero-order valence-electron chi connectivity index (χ0n) is 19.2. The van der Waals surface area contributed by atoms with E-state index in [1.165, 1.54) is 18.2 Å². The van der Waals surface area contributed by atoms with Crippen molar-refractivity contribution in [1.29, 1.82) is 0 Å². The summed E-state index contributed by atoms with van der Waals surface area (Å²) in [6.07, 6.45) is -4.74. The van der Waals surface area contributed by atoms with Crippen molar-refractivity contribution in [3.05, 3.63) is 72.6 Å². The maximum absolute atomic E-state index is 15.1. The molecule has 1 unspecified atom stereocenters. The van der Waals surface area contributed by atoms with Gasteiger partial charge in [-0.1, -0.05) is 56.8 Å². The molecule has 0 aliphatic rings. The number of carbonyl (C=O) groups excluding carboxylic acids is 2. The van der Waals surface area contributed by atoms with Crippen LogP contribution in [-0.4, -0.2) is 42.3 Å². The summed E-state index contributed by atoms with van der Waals surface area (Å²) in [4.78, 5) is 24.8. The van der Waals surface area contributed by atoms with E-state index >= 15 is 4.39 Å². The Bertz CT molecular complexity index is 1190. The normalized spacial score (nSPS) is 13.5. The third-order valence-corrected chi connectivity index (χ3v) is 7.03. The van der Waals surface area contributed by atoms with E-state index in [1.54, 1.807) is 0 Å². The Morgan fingerprint density at radius 1 is 1.03 bits per heavy atom. The summed E-state index contributed by atoms with van der Waals surface area (Å²) in [5.41, 5.74) is -0.172. The number of benzene rings is 2. The number of carbonyl (C=O) groups is 2. The van der Waals surface area contributed by atoms with Crippen LogP contribution in [0.15, 0.2) is 40.9 Å². The van der Waals surface area contributed by atoms with Crippen molar-refractivity contribution >= 4 is 68.3 Å². The molecule has 2 aromatic carbocycles. The number of alkyl halides is 5. The number of rotatable bonds is 9. The second kappa shape index (κ2) is 12.4. The maximum Gasteiger partial charge on any atom is 0.406 e. The Morgan fingerprint density at radius 2 is 1.59 bits per heavy atom. The highest BCUT2D eigenvalue weighted by atomic mass is 79.9. The van der Waals surface area contributed by atoms with Gasteiger partial charge in [-0.2, -0.15) is 13.2 Å². The predicted molar refractivity (Wildman–Crippen MR) is 135 cm³/mol. The van der Waals surface area contributed by atoms with Crippen LogP contribution in [0.5, 0.6) is 0 Å². The van der Waals surface area contributed by atoms with Gasteiger partial charge in [0.15, 0.2) is 5.78 Å². The van der Waals surface area contributed by atoms with Gasteiger partial charge in [0.1, 0.15) is 12.4 Å². The van der Waals surface area contributed by atoms with Gasteiger partial charge in [0.05, 0.1) is 21.0 Å². The van der Waals surface area contributed by atoms with E-state index < -0.39 is 48.5 Å². The number of amides is 1. The van der Waals surface area contributed by atoms with E-state index in [-0.39, 0.29) is 42.7 Å². The van der Waals surface area contributed by atoms with Gasteiger partial charge in [0.2, 0.25) is 5.91 Å². The van der Waals surface area contributed by atoms with Crippen molar-refractivity contribution in [1.82, 2.24) is 4.90 Å². The van der Waals surface area contributed by atoms with Gasteiger partial charge < -0.3 is 4.90 Å². The molecule has 0 aliphatic carbocycles.